The predicted octanol–water partition coefficient (Wildman–Crippen LogP) is 9.41. The molecule has 0 aliphatic heterocycles. The topological polar surface area (TPSA) is 77.8 Å². The molecule has 0 bridgehead atoms. The van der Waals surface area contributed by atoms with Crippen molar-refractivity contribution in [2.45, 2.75) is 140 Å². The fourth-order valence-electron chi connectivity index (χ4n) is 8.82. The number of carbonyl (C=O) groups is 1. The van der Waals surface area contributed by atoms with E-state index in [2.05, 4.69) is 13.0 Å². The van der Waals surface area contributed by atoms with E-state index in [4.69, 9.17) is 0 Å². The summed E-state index contributed by atoms with van der Waals surface area (Å²) in [4.78, 5) is 11.5. The van der Waals surface area contributed by atoms with E-state index in [1.54, 1.807) is 0 Å². The van der Waals surface area contributed by atoms with Crippen LogP contribution in [0.2, 0.25) is 0 Å². The Morgan fingerprint density at radius 2 is 1.60 bits per heavy atom. The van der Waals surface area contributed by atoms with Crippen LogP contribution in [0.3, 0.4) is 0 Å². The molecule has 1 aromatic rings. The Kier molecular flexibility index (Phi) is 11.1. The van der Waals surface area contributed by atoms with Gasteiger partial charge in [0.05, 0.1) is 12.0 Å². The van der Waals surface area contributed by atoms with Crippen LogP contribution in [0.4, 0.5) is 22.0 Å². The van der Waals surface area contributed by atoms with Crippen molar-refractivity contribution in [3.8, 4) is 5.75 Å². The van der Waals surface area contributed by atoms with Crippen molar-refractivity contribution < 1.29 is 42.1 Å². The van der Waals surface area contributed by atoms with Gasteiger partial charge >= 0.3 is 18.1 Å². The number of aliphatic carboxylic acids is 1. The second-order valence-electron chi connectivity index (χ2n) is 14.0. The van der Waals surface area contributed by atoms with Crippen molar-refractivity contribution in [1.29, 1.82) is 0 Å². The summed E-state index contributed by atoms with van der Waals surface area (Å²) >= 11 is 0. The minimum absolute atomic E-state index is 0.00162. The molecule has 0 amide bonds. The summed E-state index contributed by atoms with van der Waals surface area (Å²) in [7, 11) is 0. The zero-order valence-corrected chi connectivity index (χ0v) is 25.4. The Hall–Kier alpha value is -1.90. The van der Waals surface area contributed by atoms with Gasteiger partial charge in [0.25, 0.3) is 0 Å². The molecule has 43 heavy (non-hydrogen) atoms. The summed E-state index contributed by atoms with van der Waals surface area (Å²) in [6, 6.07) is 5.88. The second-order valence-corrected chi connectivity index (χ2v) is 14.0. The third-order valence-electron chi connectivity index (χ3n) is 11.3. The molecular weight excluding hydrogens is 567 g/mol. The van der Waals surface area contributed by atoms with E-state index >= 15 is 0 Å². The molecule has 3 aliphatic rings. The van der Waals surface area contributed by atoms with Crippen LogP contribution in [0.25, 0.3) is 0 Å². The molecule has 1 aromatic carbocycles. The van der Waals surface area contributed by atoms with Gasteiger partial charge < -0.3 is 15.3 Å². The molecule has 2 fully saturated rings. The molecule has 2 saturated carbocycles. The molecule has 4 rings (SSSR count). The van der Waals surface area contributed by atoms with Gasteiger partial charge in [-0.3, -0.25) is 4.79 Å². The summed E-state index contributed by atoms with van der Waals surface area (Å²) in [5, 5.41) is 30.4. The number of hydrogen-bond acceptors (Lipinski definition) is 3. The third-order valence-corrected chi connectivity index (χ3v) is 11.3. The fraction of sp³-hybridized carbons (Fsp3) is 0.794. The number of phenols is 1. The molecule has 3 N–H and O–H groups in total. The van der Waals surface area contributed by atoms with Crippen LogP contribution in [0.1, 0.15) is 127 Å². The average Bonchev–Trinajstić information content (AvgIpc) is 3.23. The maximum absolute atomic E-state index is 13.1. The van der Waals surface area contributed by atoms with Crippen LogP contribution in [-0.4, -0.2) is 39.5 Å². The molecule has 0 heterocycles. The molecule has 0 spiro atoms. The van der Waals surface area contributed by atoms with E-state index in [-0.39, 0.29) is 17.9 Å². The van der Waals surface area contributed by atoms with Gasteiger partial charge in [-0.05, 0) is 110 Å². The number of hydrogen-bond donors (Lipinski definition) is 3. The number of fused-ring (bicyclic) bond motifs is 5. The first kappa shape index (κ1) is 34.0. The number of unbranched alkanes of at least 4 members (excludes halogenated alkanes) is 6. The lowest BCUT2D eigenvalue weighted by Gasteiger charge is -2.53. The van der Waals surface area contributed by atoms with E-state index < -0.39 is 36.8 Å². The first-order chi connectivity index (χ1) is 20.2. The Balaban J connectivity index is 1.17. The number of carboxylic acids is 1. The first-order valence-electron chi connectivity index (χ1n) is 16.4. The van der Waals surface area contributed by atoms with Gasteiger partial charge in [0, 0.05) is 6.42 Å². The standard InChI is InChI=1S/C34H49F5O4/c1-32-19-17-27-26-14-13-25(40)21-24(26)20-23(30(27)28(32)15-16-29(32)41)11-8-6-4-2-3-5-7-10-22(31(42)43)12-9-18-33(35,36)34(37,38)39/h13-14,21-23,27-30,40-41H,2-12,15-20H2,1H3,(H,42,43)/t22?,23-,27?,28?,29+,30?,32+/m1/s1. The lowest BCUT2D eigenvalue weighted by atomic mass is 9.52. The Labute approximate surface area is 252 Å². The lowest BCUT2D eigenvalue weighted by Crippen LogP contribution is -2.47. The van der Waals surface area contributed by atoms with Crippen LogP contribution in [-0.2, 0) is 11.2 Å². The maximum atomic E-state index is 13.1. The molecule has 4 unspecified atom stereocenters. The molecule has 7 atom stereocenters. The van der Waals surface area contributed by atoms with Gasteiger partial charge in [0.15, 0.2) is 0 Å². The highest BCUT2D eigenvalue weighted by Gasteiger charge is 2.57. The van der Waals surface area contributed by atoms with Crippen molar-refractivity contribution in [3.05, 3.63) is 29.3 Å². The fourth-order valence-corrected chi connectivity index (χ4v) is 8.82. The summed E-state index contributed by atoms with van der Waals surface area (Å²) in [5.41, 5.74) is 2.68. The number of alkyl halides is 5. The van der Waals surface area contributed by atoms with Crippen molar-refractivity contribution in [2.24, 2.45) is 29.1 Å². The maximum Gasteiger partial charge on any atom is 0.453 e. The zero-order valence-electron chi connectivity index (χ0n) is 25.4. The largest absolute Gasteiger partial charge is 0.508 e. The minimum Gasteiger partial charge on any atom is -0.508 e. The number of phenolic OH excluding ortho intramolecular Hbond substituents is 1. The van der Waals surface area contributed by atoms with Crippen LogP contribution in [0, 0.1) is 29.1 Å². The van der Waals surface area contributed by atoms with E-state index in [9.17, 15) is 42.1 Å². The minimum atomic E-state index is -5.60. The van der Waals surface area contributed by atoms with Crippen LogP contribution in [0.5, 0.6) is 5.75 Å². The van der Waals surface area contributed by atoms with Gasteiger partial charge in [-0.2, -0.15) is 22.0 Å². The van der Waals surface area contributed by atoms with Crippen molar-refractivity contribution in [2.75, 3.05) is 0 Å². The Bertz CT molecular complexity index is 1080. The molecule has 0 aromatic heterocycles. The van der Waals surface area contributed by atoms with Crippen LogP contribution >= 0.6 is 0 Å². The van der Waals surface area contributed by atoms with Gasteiger partial charge in [0.1, 0.15) is 5.75 Å². The number of aliphatic hydroxyl groups excluding tert-OH is 1. The first-order valence-corrected chi connectivity index (χ1v) is 16.4. The van der Waals surface area contributed by atoms with Crippen molar-refractivity contribution in [3.63, 3.8) is 0 Å². The van der Waals surface area contributed by atoms with Gasteiger partial charge in [-0.15, -0.1) is 0 Å². The summed E-state index contributed by atoms with van der Waals surface area (Å²) in [5.74, 6) is -4.35. The molecule has 9 heteroatoms. The molecule has 4 nitrogen and oxygen atoms in total. The van der Waals surface area contributed by atoms with E-state index in [1.165, 1.54) is 11.1 Å². The number of halogens is 5. The number of rotatable bonds is 15. The average molecular weight is 617 g/mol. The van der Waals surface area contributed by atoms with Gasteiger partial charge in [0.2, 0.25) is 0 Å². The van der Waals surface area contributed by atoms with Crippen molar-refractivity contribution >= 4 is 5.97 Å². The smallest absolute Gasteiger partial charge is 0.453 e. The van der Waals surface area contributed by atoms with Gasteiger partial charge in [-0.25, -0.2) is 0 Å². The normalized spacial score (nSPS) is 29.5. The van der Waals surface area contributed by atoms with E-state index in [0.717, 1.165) is 77.0 Å². The van der Waals surface area contributed by atoms with E-state index in [0.29, 0.717) is 42.3 Å². The van der Waals surface area contributed by atoms with Gasteiger partial charge in [-0.1, -0.05) is 57.9 Å². The molecule has 3 aliphatic carbocycles. The monoisotopic (exact) mass is 616 g/mol. The summed E-state index contributed by atoms with van der Waals surface area (Å²) in [6.07, 6.45) is 5.39. The quantitative estimate of drug-likeness (QED) is 0.136. The highest BCUT2D eigenvalue weighted by molar-refractivity contribution is 5.69. The second kappa shape index (κ2) is 14.0. The molecule has 0 radical (unpaired) electrons. The van der Waals surface area contributed by atoms with E-state index in [1.807, 2.05) is 12.1 Å². The number of benzene rings is 1. The Morgan fingerprint density at radius 1 is 0.953 bits per heavy atom. The highest BCUT2D eigenvalue weighted by Crippen LogP contribution is 2.62. The molecule has 0 saturated heterocycles. The van der Waals surface area contributed by atoms with Crippen molar-refractivity contribution in [1.82, 2.24) is 0 Å². The third kappa shape index (κ3) is 7.85. The molecular formula is C34H49F5O4. The predicted molar refractivity (Wildman–Crippen MR) is 155 cm³/mol. The van der Waals surface area contributed by atoms with Crippen LogP contribution < -0.4 is 0 Å². The number of aromatic hydroxyl groups is 1. The molecule has 244 valence electrons. The Morgan fingerprint density at radius 3 is 2.28 bits per heavy atom. The highest BCUT2D eigenvalue weighted by atomic mass is 19.4. The summed E-state index contributed by atoms with van der Waals surface area (Å²) < 4.78 is 63.2. The lowest BCUT2D eigenvalue weighted by molar-refractivity contribution is -0.284. The zero-order chi connectivity index (χ0) is 31.4. The number of carboxylic acid groups (broad SMARTS) is 1. The number of aliphatic hydroxyl groups is 1. The SMILES string of the molecule is C[C@]12CCC3c4ccc(O)cc4C[C@@H](CCCCCCCCCC(CCCC(F)(F)C(F)(F)F)C(=O)O)C3C1CC[C@@H]2O. The summed E-state index contributed by atoms with van der Waals surface area (Å²) in [6.45, 7) is 2.29. The van der Waals surface area contributed by atoms with Crippen LogP contribution in [0.15, 0.2) is 18.2 Å².